The minimum Gasteiger partial charge on any atom is -0.317 e. The molecule has 132 valence electrons. The minimum atomic E-state index is 0.472. The van der Waals surface area contributed by atoms with Gasteiger partial charge in [-0.15, -0.1) is 21.5 Å². The normalized spacial score (nSPS) is 18.7. The standard InChI is InChI=1S/C18H24N6S/c1-2-7-24-13-20-22-18(24)14-5-3-8-23(11-14)12-15-10-19-21-17(15)16-6-4-9-25-16/h4,6,9-10,13-14H,2-3,5,7-8,11-12H2,1H3,(H,19,21). The van der Waals surface area contributed by atoms with Gasteiger partial charge in [0.1, 0.15) is 12.2 Å². The van der Waals surface area contributed by atoms with Crippen molar-refractivity contribution in [3.05, 3.63) is 41.4 Å². The van der Waals surface area contributed by atoms with Gasteiger partial charge in [-0.25, -0.2) is 0 Å². The van der Waals surface area contributed by atoms with Crippen molar-refractivity contribution in [3.8, 4) is 10.6 Å². The number of aromatic nitrogens is 5. The fraction of sp³-hybridized carbons (Fsp3) is 0.500. The van der Waals surface area contributed by atoms with E-state index in [-0.39, 0.29) is 0 Å². The Kier molecular flexibility index (Phi) is 4.94. The summed E-state index contributed by atoms with van der Waals surface area (Å²) in [5, 5.41) is 18.1. The predicted octanol–water partition coefficient (Wildman–Crippen LogP) is 3.52. The molecule has 7 heteroatoms. The highest BCUT2D eigenvalue weighted by Gasteiger charge is 2.26. The number of nitrogens with zero attached hydrogens (tertiary/aromatic N) is 5. The van der Waals surface area contributed by atoms with E-state index in [4.69, 9.17) is 0 Å². The summed E-state index contributed by atoms with van der Waals surface area (Å²) < 4.78 is 2.23. The number of nitrogens with one attached hydrogen (secondary N) is 1. The lowest BCUT2D eigenvalue weighted by Gasteiger charge is -2.32. The van der Waals surface area contributed by atoms with Gasteiger partial charge < -0.3 is 4.57 Å². The van der Waals surface area contributed by atoms with Crippen LogP contribution in [0.5, 0.6) is 0 Å². The molecule has 0 aliphatic carbocycles. The highest BCUT2D eigenvalue weighted by Crippen LogP contribution is 2.30. The third-order valence-electron chi connectivity index (χ3n) is 4.86. The van der Waals surface area contributed by atoms with Gasteiger partial charge in [0, 0.05) is 31.1 Å². The van der Waals surface area contributed by atoms with Gasteiger partial charge in [-0.05, 0) is 37.3 Å². The molecule has 1 N–H and O–H groups in total. The lowest BCUT2D eigenvalue weighted by molar-refractivity contribution is 0.194. The minimum absolute atomic E-state index is 0.472. The molecule has 0 spiro atoms. The Morgan fingerprint density at radius 3 is 3.20 bits per heavy atom. The van der Waals surface area contributed by atoms with Crippen molar-refractivity contribution < 1.29 is 0 Å². The van der Waals surface area contributed by atoms with Crippen LogP contribution in [0, 0.1) is 0 Å². The van der Waals surface area contributed by atoms with Crippen molar-refractivity contribution in [2.45, 2.75) is 45.2 Å². The molecule has 3 aromatic rings. The maximum Gasteiger partial charge on any atom is 0.137 e. The van der Waals surface area contributed by atoms with Gasteiger partial charge in [-0.2, -0.15) is 5.10 Å². The molecule has 3 aromatic heterocycles. The van der Waals surface area contributed by atoms with Gasteiger partial charge in [0.15, 0.2) is 0 Å². The van der Waals surface area contributed by atoms with Crippen LogP contribution in [0.2, 0.25) is 0 Å². The van der Waals surface area contributed by atoms with Gasteiger partial charge in [0.2, 0.25) is 0 Å². The smallest absolute Gasteiger partial charge is 0.137 e. The number of thiophene rings is 1. The zero-order chi connectivity index (χ0) is 17.1. The van der Waals surface area contributed by atoms with Crippen LogP contribution < -0.4 is 0 Å². The van der Waals surface area contributed by atoms with Crippen LogP contribution in [-0.4, -0.2) is 43.0 Å². The molecule has 1 atom stereocenters. The molecule has 0 saturated carbocycles. The number of aromatic amines is 1. The molecular formula is C18H24N6S. The maximum atomic E-state index is 4.42. The predicted molar refractivity (Wildman–Crippen MR) is 99.5 cm³/mol. The summed E-state index contributed by atoms with van der Waals surface area (Å²) in [7, 11) is 0. The highest BCUT2D eigenvalue weighted by atomic mass is 32.1. The van der Waals surface area contributed by atoms with Crippen LogP contribution in [0.25, 0.3) is 10.6 Å². The largest absolute Gasteiger partial charge is 0.317 e. The number of rotatable bonds is 6. The van der Waals surface area contributed by atoms with Gasteiger partial charge in [-0.1, -0.05) is 13.0 Å². The van der Waals surface area contributed by atoms with E-state index in [9.17, 15) is 0 Å². The fourth-order valence-electron chi connectivity index (χ4n) is 3.71. The Labute approximate surface area is 151 Å². The van der Waals surface area contributed by atoms with Crippen LogP contribution in [0.1, 0.15) is 43.5 Å². The van der Waals surface area contributed by atoms with Crippen LogP contribution in [-0.2, 0) is 13.1 Å². The Morgan fingerprint density at radius 2 is 2.36 bits per heavy atom. The van der Waals surface area contributed by atoms with E-state index in [1.54, 1.807) is 11.3 Å². The summed E-state index contributed by atoms with van der Waals surface area (Å²) in [6.07, 6.45) is 7.36. The van der Waals surface area contributed by atoms with Crippen LogP contribution in [0.3, 0.4) is 0 Å². The van der Waals surface area contributed by atoms with E-state index in [2.05, 4.69) is 54.3 Å². The monoisotopic (exact) mass is 356 g/mol. The third kappa shape index (κ3) is 3.52. The molecule has 4 rings (SSSR count). The van der Waals surface area contributed by atoms with Crippen LogP contribution in [0.15, 0.2) is 30.0 Å². The lowest BCUT2D eigenvalue weighted by Crippen LogP contribution is -2.35. The second-order valence-corrected chi connectivity index (χ2v) is 7.65. The van der Waals surface area contributed by atoms with Crippen LogP contribution >= 0.6 is 11.3 Å². The first-order valence-corrected chi connectivity index (χ1v) is 9.89. The Morgan fingerprint density at radius 1 is 1.40 bits per heavy atom. The van der Waals surface area contributed by atoms with E-state index in [1.165, 1.54) is 23.3 Å². The lowest BCUT2D eigenvalue weighted by atomic mass is 9.96. The van der Waals surface area contributed by atoms with E-state index in [0.29, 0.717) is 5.92 Å². The maximum absolute atomic E-state index is 4.42. The molecule has 0 amide bonds. The van der Waals surface area contributed by atoms with Gasteiger partial charge in [0.25, 0.3) is 0 Å². The Bertz CT molecular complexity index is 790. The van der Waals surface area contributed by atoms with Crippen molar-refractivity contribution in [2.24, 2.45) is 0 Å². The quantitative estimate of drug-likeness (QED) is 0.734. The number of hydrogen-bond acceptors (Lipinski definition) is 5. The van der Waals surface area contributed by atoms with Crippen molar-refractivity contribution in [1.82, 2.24) is 29.9 Å². The molecule has 6 nitrogen and oxygen atoms in total. The van der Waals surface area contributed by atoms with Crippen molar-refractivity contribution in [3.63, 3.8) is 0 Å². The van der Waals surface area contributed by atoms with E-state index >= 15 is 0 Å². The van der Waals surface area contributed by atoms with Crippen molar-refractivity contribution in [1.29, 1.82) is 0 Å². The first-order valence-electron chi connectivity index (χ1n) is 9.01. The van der Waals surface area contributed by atoms with E-state index in [1.807, 2.05) is 12.5 Å². The van der Waals surface area contributed by atoms with Crippen molar-refractivity contribution >= 4 is 11.3 Å². The molecule has 1 saturated heterocycles. The summed E-state index contributed by atoms with van der Waals surface area (Å²) in [5.74, 6) is 1.62. The second-order valence-electron chi connectivity index (χ2n) is 6.70. The third-order valence-corrected chi connectivity index (χ3v) is 5.75. The summed E-state index contributed by atoms with van der Waals surface area (Å²) >= 11 is 1.75. The number of hydrogen-bond donors (Lipinski definition) is 1. The SMILES string of the molecule is CCCn1cnnc1C1CCCN(Cc2cn[nH]c2-c2cccs2)C1. The van der Waals surface area contributed by atoms with Gasteiger partial charge in [-0.3, -0.25) is 10.00 Å². The molecule has 1 unspecified atom stereocenters. The topological polar surface area (TPSA) is 62.6 Å². The average molecular weight is 356 g/mol. The molecule has 0 bridgehead atoms. The summed E-state index contributed by atoms with van der Waals surface area (Å²) in [4.78, 5) is 3.78. The molecule has 1 fully saturated rings. The Hall–Kier alpha value is -1.99. The van der Waals surface area contributed by atoms with Crippen LogP contribution in [0.4, 0.5) is 0 Å². The molecule has 1 aliphatic heterocycles. The van der Waals surface area contributed by atoms with E-state index in [0.717, 1.165) is 44.1 Å². The van der Waals surface area contributed by atoms with Gasteiger partial charge in [0.05, 0.1) is 16.8 Å². The zero-order valence-corrected chi connectivity index (χ0v) is 15.4. The molecular weight excluding hydrogens is 332 g/mol. The summed E-state index contributed by atoms with van der Waals surface area (Å²) in [6, 6.07) is 4.23. The highest BCUT2D eigenvalue weighted by molar-refractivity contribution is 7.13. The number of likely N-dealkylation sites (tertiary alicyclic amines) is 1. The molecule has 0 radical (unpaired) electrons. The Balaban J connectivity index is 1.47. The summed E-state index contributed by atoms with van der Waals surface area (Å²) in [5.41, 5.74) is 2.43. The summed E-state index contributed by atoms with van der Waals surface area (Å²) in [6.45, 7) is 6.30. The first-order chi connectivity index (χ1) is 12.3. The molecule has 4 heterocycles. The zero-order valence-electron chi connectivity index (χ0n) is 14.6. The second kappa shape index (κ2) is 7.49. The van der Waals surface area contributed by atoms with Crippen molar-refractivity contribution in [2.75, 3.05) is 13.1 Å². The van der Waals surface area contributed by atoms with E-state index < -0.39 is 0 Å². The number of piperidine rings is 1. The van der Waals surface area contributed by atoms with Gasteiger partial charge >= 0.3 is 0 Å². The molecule has 25 heavy (non-hydrogen) atoms. The first kappa shape index (κ1) is 16.5. The fourth-order valence-corrected chi connectivity index (χ4v) is 4.46. The number of aryl methyl sites for hydroxylation is 1. The molecule has 0 aromatic carbocycles. The number of H-pyrrole nitrogens is 1. The average Bonchev–Trinajstić information content (AvgIpc) is 3.37. The molecule has 1 aliphatic rings.